The average Bonchev–Trinajstić information content (AvgIpc) is 2.97. The predicted octanol–water partition coefficient (Wildman–Crippen LogP) is 1.85. The summed E-state index contributed by atoms with van der Waals surface area (Å²) in [7, 11) is 6.51. The van der Waals surface area contributed by atoms with Gasteiger partial charge < -0.3 is 35.2 Å². The number of aliphatic hydroxyl groups is 1. The third-order valence-electron chi connectivity index (χ3n) is 9.96. The molecule has 1 aromatic carbocycles. The molecule has 1 aromatic rings. The van der Waals surface area contributed by atoms with Gasteiger partial charge in [0, 0.05) is 37.8 Å². The molecular formula is C37H52N4O11. The molecule has 0 saturated heterocycles. The van der Waals surface area contributed by atoms with Crippen molar-refractivity contribution in [3.8, 4) is 5.75 Å². The van der Waals surface area contributed by atoms with E-state index in [9.17, 15) is 43.8 Å². The van der Waals surface area contributed by atoms with Crippen LogP contribution in [0.1, 0.15) is 75.9 Å². The lowest BCUT2D eigenvalue weighted by atomic mass is 9.52. The van der Waals surface area contributed by atoms with E-state index in [0.29, 0.717) is 11.3 Å². The Morgan fingerprint density at radius 3 is 2.10 bits per heavy atom. The molecule has 2 fully saturated rings. The number of fused-ring (bicyclic) bond motifs is 3. The first-order valence-electron chi connectivity index (χ1n) is 17.3. The van der Waals surface area contributed by atoms with Gasteiger partial charge in [-0.25, -0.2) is 4.79 Å². The van der Waals surface area contributed by atoms with Gasteiger partial charge in [-0.05, 0) is 55.3 Å². The van der Waals surface area contributed by atoms with Crippen molar-refractivity contribution in [2.24, 2.45) is 40.2 Å². The van der Waals surface area contributed by atoms with E-state index in [0.717, 1.165) is 0 Å². The molecule has 4 N–H and O–H groups in total. The second kappa shape index (κ2) is 14.2. The van der Waals surface area contributed by atoms with E-state index >= 15 is 0 Å². The molecule has 0 aromatic heterocycles. The van der Waals surface area contributed by atoms with E-state index in [-0.39, 0.29) is 48.9 Å². The Hall–Kier alpha value is -4.37. The van der Waals surface area contributed by atoms with Crippen LogP contribution in [0.5, 0.6) is 5.75 Å². The zero-order chi connectivity index (χ0) is 39.4. The van der Waals surface area contributed by atoms with Crippen LogP contribution < -0.4 is 10.6 Å². The molecule has 0 radical (unpaired) electrons. The molecule has 2 unspecified atom stereocenters. The van der Waals surface area contributed by atoms with Gasteiger partial charge in [0.25, 0.3) is 0 Å². The first-order chi connectivity index (χ1) is 23.8. The van der Waals surface area contributed by atoms with Crippen molar-refractivity contribution < 1.29 is 53.2 Å². The third kappa shape index (κ3) is 7.56. The third-order valence-corrected chi connectivity index (χ3v) is 9.96. The van der Waals surface area contributed by atoms with Crippen molar-refractivity contribution >= 4 is 46.8 Å². The Morgan fingerprint density at radius 2 is 1.58 bits per heavy atom. The highest BCUT2D eigenvalue weighted by Crippen LogP contribution is 2.52. The van der Waals surface area contributed by atoms with Crippen molar-refractivity contribution in [1.82, 2.24) is 9.80 Å². The SMILES string of the molecule is CN(C)c1cc(CN(CC(C)(C)C)C(=O)OCOC(=O)CC(C)(C)C)c(O)c2c1C[C@H]1C[C@H]3[C@H](N(C)C)C(=O)C(C(N)=O)C(=O)[C@@]3(O)C(=O)C1C2=O. The van der Waals surface area contributed by atoms with Crippen LogP contribution in [0.4, 0.5) is 10.5 Å². The number of Topliss-reactive ketones (excluding diaryl/α,β-unsaturated/α-hetero) is 4. The Labute approximate surface area is 303 Å². The number of ether oxygens (including phenoxy) is 2. The quantitative estimate of drug-likeness (QED) is 0.188. The normalized spacial score (nSPS) is 26.0. The summed E-state index contributed by atoms with van der Waals surface area (Å²) >= 11 is 0. The summed E-state index contributed by atoms with van der Waals surface area (Å²) in [5.74, 6) is -12.1. The number of carbonyl (C=O) groups is 7. The molecule has 52 heavy (non-hydrogen) atoms. The number of primary amides is 1. The summed E-state index contributed by atoms with van der Waals surface area (Å²) in [5.41, 5.74) is 2.69. The molecular weight excluding hydrogens is 676 g/mol. The maximum atomic E-state index is 14.4. The minimum atomic E-state index is -2.85. The lowest BCUT2D eigenvalue weighted by molar-refractivity contribution is -0.181. The number of amides is 2. The fourth-order valence-electron chi connectivity index (χ4n) is 7.91. The molecule has 15 nitrogen and oxygen atoms in total. The summed E-state index contributed by atoms with van der Waals surface area (Å²) < 4.78 is 10.4. The van der Waals surface area contributed by atoms with E-state index < -0.39 is 94.4 Å². The van der Waals surface area contributed by atoms with Crippen LogP contribution in [-0.4, -0.2) is 114 Å². The zero-order valence-corrected chi connectivity index (χ0v) is 31.7. The van der Waals surface area contributed by atoms with Crippen molar-refractivity contribution in [2.75, 3.05) is 46.4 Å². The molecule has 3 aliphatic carbocycles. The highest BCUT2D eigenvalue weighted by atomic mass is 16.7. The van der Waals surface area contributed by atoms with Crippen LogP contribution in [0.2, 0.25) is 0 Å². The Balaban J connectivity index is 1.74. The highest BCUT2D eigenvalue weighted by molar-refractivity contribution is 6.32. The number of esters is 1. The van der Waals surface area contributed by atoms with Crippen LogP contribution in [0, 0.1) is 34.5 Å². The Kier molecular flexibility index (Phi) is 11.0. The summed E-state index contributed by atoms with van der Waals surface area (Å²) in [6.45, 7) is 10.5. The number of aromatic hydroxyl groups is 1. The number of rotatable bonds is 9. The molecule has 4 rings (SSSR count). The van der Waals surface area contributed by atoms with Gasteiger partial charge in [-0.15, -0.1) is 0 Å². The summed E-state index contributed by atoms with van der Waals surface area (Å²) in [4.78, 5) is 98.0. The van der Waals surface area contributed by atoms with E-state index in [4.69, 9.17) is 15.2 Å². The topological polar surface area (TPSA) is 214 Å². The highest BCUT2D eigenvalue weighted by Gasteiger charge is 2.69. The number of hydrogen-bond donors (Lipinski definition) is 3. The van der Waals surface area contributed by atoms with Gasteiger partial charge in [0.15, 0.2) is 34.7 Å². The number of nitrogens with two attached hydrogens (primary N) is 1. The van der Waals surface area contributed by atoms with Gasteiger partial charge in [0.1, 0.15) is 5.75 Å². The first-order valence-corrected chi connectivity index (χ1v) is 17.3. The van der Waals surface area contributed by atoms with Crippen LogP contribution in [0.15, 0.2) is 6.07 Å². The number of anilines is 1. The number of ketones is 4. The molecule has 3 aliphatic rings. The van der Waals surface area contributed by atoms with Crippen LogP contribution in [0.3, 0.4) is 0 Å². The van der Waals surface area contributed by atoms with Crippen LogP contribution in [-0.2, 0) is 46.4 Å². The number of benzene rings is 1. The summed E-state index contributed by atoms with van der Waals surface area (Å²) in [5, 5.41) is 23.7. The second-order valence-electron chi connectivity index (χ2n) is 17.1. The second-order valence-corrected chi connectivity index (χ2v) is 17.1. The molecule has 2 saturated carbocycles. The molecule has 0 heterocycles. The number of nitrogens with zero attached hydrogens (tertiary/aromatic N) is 3. The molecule has 0 spiro atoms. The van der Waals surface area contributed by atoms with Crippen LogP contribution in [0.25, 0.3) is 0 Å². The number of carbonyl (C=O) groups excluding carboxylic acids is 7. The number of phenolic OH excluding ortho intramolecular Hbond substituents is 1. The van der Waals surface area contributed by atoms with Crippen molar-refractivity contribution in [1.29, 1.82) is 0 Å². The molecule has 0 aliphatic heterocycles. The number of hydrogen-bond acceptors (Lipinski definition) is 13. The summed E-state index contributed by atoms with van der Waals surface area (Å²) in [6.07, 6.45) is -0.725. The van der Waals surface area contributed by atoms with Crippen molar-refractivity contribution in [3.05, 3.63) is 22.8 Å². The number of phenols is 1. The van der Waals surface area contributed by atoms with E-state index in [2.05, 4.69) is 0 Å². The van der Waals surface area contributed by atoms with Gasteiger partial charge in [-0.2, -0.15) is 0 Å². The summed E-state index contributed by atoms with van der Waals surface area (Å²) in [6, 6.07) is 0.435. The van der Waals surface area contributed by atoms with Gasteiger partial charge in [-0.3, -0.25) is 33.7 Å². The van der Waals surface area contributed by atoms with Gasteiger partial charge in [0.2, 0.25) is 12.7 Å². The van der Waals surface area contributed by atoms with E-state index in [1.807, 2.05) is 41.5 Å². The monoisotopic (exact) mass is 728 g/mol. The smallest absolute Gasteiger partial charge is 0.412 e. The Bertz CT molecular complexity index is 1690. The van der Waals surface area contributed by atoms with Crippen LogP contribution >= 0.6 is 0 Å². The molecule has 0 bridgehead atoms. The van der Waals surface area contributed by atoms with E-state index in [1.54, 1.807) is 25.1 Å². The fourth-order valence-corrected chi connectivity index (χ4v) is 7.91. The van der Waals surface area contributed by atoms with Gasteiger partial charge in [0.05, 0.1) is 30.5 Å². The molecule has 6 atom stereocenters. The molecule has 15 heteroatoms. The van der Waals surface area contributed by atoms with Crippen molar-refractivity contribution in [3.63, 3.8) is 0 Å². The van der Waals surface area contributed by atoms with Crippen molar-refractivity contribution in [2.45, 2.75) is 79.0 Å². The standard InChI is InChI=1S/C37H52N4O11/c1-35(2,3)14-23(42)51-17-52-34(49)41(16-36(4,5)6)15-19-13-22(39(7)8)20-11-18-12-21-27(40(9)10)30(45)26(33(38)48)32(47)37(21,50)31(46)24(18)29(44)25(20)28(19)43/h13,18,21,24,26-27,43,50H,11-12,14-17H2,1-10H3,(H2,38,48)/t18-,21-,24?,26?,27-,37-/m0/s1. The fraction of sp³-hybridized carbons (Fsp3) is 0.649. The van der Waals surface area contributed by atoms with Gasteiger partial charge in [-0.1, -0.05) is 41.5 Å². The molecule has 2 amide bonds. The largest absolute Gasteiger partial charge is 0.507 e. The van der Waals surface area contributed by atoms with E-state index in [1.165, 1.54) is 23.9 Å². The lowest BCUT2D eigenvalue weighted by Crippen LogP contribution is -2.74. The average molecular weight is 729 g/mol. The predicted molar refractivity (Wildman–Crippen MR) is 187 cm³/mol. The lowest BCUT2D eigenvalue weighted by Gasteiger charge is -2.52. The first kappa shape index (κ1) is 40.4. The van der Waals surface area contributed by atoms with Gasteiger partial charge >= 0.3 is 12.1 Å². The Morgan fingerprint density at radius 1 is 0.962 bits per heavy atom. The minimum absolute atomic E-state index is 0.0786. The maximum absolute atomic E-state index is 14.4. The number of likely N-dealkylation sites (N-methyl/N-ethyl adjacent to an activating group) is 1. The maximum Gasteiger partial charge on any atom is 0.412 e. The minimum Gasteiger partial charge on any atom is -0.507 e. The zero-order valence-electron chi connectivity index (χ0n) is 31.7. The molecule has 286 valence electrons.